The van der Waals surface area contributed by atoms with Crippen LogP contribution in [0.2, 0.25) is 5.02 Å². The highest BCUT2D eigenvalue weighted by atomic mass is 35.5. The van der Waals surface area contributed by atoms with Crippen molar-refractivity contribution in [1.82, 2.24) is 4.98 Å². The summed E-state index contributed by atoms with van der Waals surface area (Å²) in [6.45, 7) is 8.42. The van der Waals surface area contributed by atoms with Crippen LogP contribution in [0.25, 0.3) is 21.8 Å². The molecular formula is C19H21ClN2O2. The molecule has 2 aromatic carbocycles. The summed E-state index contributed by atoms with van der Waals surface area (Å²) in [5.74, 6) is 0.620. The van der Waals surface area contributed by atoms with Crippen LogP contribution in [0, 0.1) is 0 Å². The fraction of sp³-hybridized carbons (Fsp3) is 0.316. The van der Waals surface area contributed by atoms with Crippen LogP contribution in [0.4, 0.5) is 5.69 Å². The van der Waals surface area contributed by atoms with Crippen molar-refractivity contribution in [2.45, 2.75) is 20.8 Å². The molecule has 5 heteroatoms. The molecule has 0 bridgehead atoms. The number of fused-ring (bicyclic) bond motifs is 2. The summed E-state index contributed by atoms with van der Waals surface area (Å²) in [7, 11) is 0. The Bertz CT molecular complexity index is 945. The molecule has 3 aromatic rings. The summed E-state index contributed by atoms with van der Waals surface area (Å²) in [5.41, 5.74) is 2.50. The number of rotatable bonds is 5. The largest absolute Gasteiger partial charge is 0.493 e. The predicted molar refractivity (Wildman–Crippen MR) is 102 cm³/mol. The van der Waals surface area contributed by atoms with Gasteiger partial charge in [0.1, 0.15) is 5.75 Å². The van der Waals surface area contributed by atoms with Gasteiger partial charge in [0, 0.05) is 35.3 Å². The summed E-state index contributed by atoms with van der Waals surface area (Å²) in [6, 6.07) is 9.23. The van der Waals surface area contributed by atoms with Gasteiger partial charge in [-0.1, -0.05) is 11.6 Å². The second kappa shape index (κ2) is 6.73. The molecule has 0 saturated carbocycles. The van der Waals surface area contributed by atoms with Crippen molar-refractivity contribution in [2.75, 3.05) is 24.6 Å². The lowest BCUT2D eigenvalue weighted by Gasteiger charge is -2.22. The van der Waals surface area contributed by atoms with Crippen LogP contribution < -0.4 is 15.1 Å². The molecule has 3 rings (SSSR count). The molecule has 0 atom stereocenters. The molecule has 0 aliphatic rings. The van der Waals surface area contributed by atoms with Crippen LogP contribution in [0.3, 0.4) is 0 Å². The van der Waals surface area contributed by atoms with Crippen molar-refractivity contribution in [2.24, 2.45) is 0 Å². The normalized spacial score (nSPS) is 11.2. The second-order valence-corrected chi connectivity index (χ2v) is 6.05. The standard InChI is InChI=1S/C19H21ClN2O2/c1-4-22(5-2)13-10-16-18(17(11-13)24-6-3)19(23)14-8-7-12(20)9-15(14)21-16/h7-11H,4-6H2,1-3H3,(H,21,23). The molecule has 4 nitrogen and oxygen atoms in total. The van der Waals surface area contributed by atoms with E-state index in [4.69, 9.17) is 16.3 Å². The van der Waals surface area contributed by atoms with Gasteiger partial charge < -0.3 is 14.6 Å². The number of nitrogens with zero attached hydrogens (tertiary/aromatic N) is 1. The molecule has 0 radical (unpaired) electrons. The number of nitrogens with one attached hydrogen (secondary N) is 1. The number of ether oxygens (including phenoxy) is 1. The molecule has 0 spiro atoms. The van der Waals surface area contributed by atoms with Crippen LogP contribution in [-0.2, 0) is 0 Å². The first-order chi connectivity index (χ1) is 11.6. The Morgan fingerprint density at radius 3 is 2.50 bits per heavy atom. The fourth-order valence-electron chi connectivity index (χ4n) is 3.07. The molecule has 0 fully saturated rings. The highest BCUT2D eigenvalue weighted by Crippen LogP contribution is 2.31. The number of benzene rings is 2. The van der Waals surface area contributed by atoms with Crippen LogP contribution in [0.15, 0.2) is 35.1 Å². The van der Waals surface area contributed by atoms with Gasteiger partial charge in [-0.15, -0.1) is 0 Å². The van der Waals surface area contributed by atoms with Crippen LogP contribution in [0.1, 0.15) is 20.8 Å². The first-order valence-electron chi connectivity index (χ1n) is 8.26. The van der Waals surface area contributed by atoms with E-state index in [1.165, 1.54) is 0 Å². The molecule has 0 amide bonds. The zero-order valence-electron chi connectivity index (χ0n) is 14.1. The lowest BCUT2D eigenvalue weighted by molar-refractivity contribution is 0.344. The van der Waals surface area contributed by atoms with Crippen LogP contribution in [0.5, 0.6) is 5.75 Å². The Morgan fingerprint density at radius 2 is 1.83 bits per heavy atom. The molecule has 24 heavy (non-hydrogen) atoms. The Balaban J connectivity index is 2.38. The lowest BCUT2D eigenvalue weighted by Crippen LogP contribution is -2.22. The van der Waals surface area contributed by atoms with Crippen molar-refractivity contribution in [1.29, 1.82) is 0 Å². The summed E-state index contributed by atoms with van der Waals surface area (Å²) in [6.07, 6.45) is 0. The molecule has 126 valence electrons. The van der Waals surface area contributed by atoms with E-state index in [0.717, 1.165) is 29.8 Å². The predicted octanol–water partition coefficient (Wildman–Crippen LogP) is 4.58. The Hall–Kier alpha value is -2.20. The minimum atomic E-state index is -0.0371. The van der Waals surface area contributed by atoms with Gasteiger partial charge in [-0.25, -0.2) is 0 Å². The Labute approximate surface area is 146 Å². The number of hydrogen-bond acceptors (Lipinski definition) is 3. The van der Waals surface area contributed by atoms with Gasteiger partial charge in [-0.3, -0.25) is 4.79 Å². The van der Waals surface area contributed by atoms with Gasteiger partial charge in [0.25, 0.3) is 0 Å². The van der Waals surface area contributed by atoms with Crippen molar-refractivity contribution >= 4 is 39.1 Å². The third-order valence-electron chi connectivity index (χ3n) is 4.24. The number of aromatic nitrogens is 1. The van der Waals surface area contributed by atoms with E-state index in [0.29, 0.717) is 28.2 Å². The van der Waals surface area contributed by atoms with Crippen molar-refractivity contribution in [3.63, 3.8) is 0 Å². The van der Waals surface area contributed by atoms with Gasteiger partial charge in [0.05, 0.1) is 23.0 Å². The van der Waals surface area contributed by atoms with Crippen LogP contribution >= 0.6 is 11.6 Å². The van der Waals surface area contributed by atoms with E-state index in [2.05, 4.69) is 23.7 Å². The van der Waals surface area contributed by atoms with Gasteiger partial charge >= 0.3 is 0 Å². The Kier molecular flexibility index (Phi) is 4.67. The third kappa shape index (κ3) is 2.82. The number of aromatic amines is 1. The van der Waals surface area contributed by atoms with Crippen molar-refractivity contribution in [3.8, 4) is 5.75 Å². The van der Waals surface area contributed by atoms with Gasteiger partial charge in [-0.2, -0.15) is 0 Å². The zero-order valence-corrected chi connectivity index (χ0v) is 14.9. The molecule has 0 unspecified atom stereocenters. The van der Waals surface area contributed by atoms with E-state index >= 15 is 0 Å². The smallest absolute Gasteiger partial charge is 0.200 e. The summed E-state index contributed by atoms with van der Waals surface area (Å²) >= 11 is 6.07. The van der Waals surface area contributed by atoms with Gasteiger partial charge in [-0.05, 0) is 45.0 Å². The number of hydrogen-bond donors (Lipinski definition) is 1. The average Bonchev–Trinajstić information content (AvgIpc) is 2.55. The monoisotopic (exact) mass is 344 g/mol. The first-order valence-corrected chi connectivity index (χ1v) is 8.63. The summed E-state index contributed by atoms with van der Waals surface area (Å²) in [4.78, 5) is 18.5. The number of anilines is 1. The second-order valence-electron chi connectivity index (χ2n) is 5.62. The molecular weight excluding hydrogens is 324 g/mol. The fourth-order valence-corrected chi connectivity index (χ4v) is 3.24. The number of pyridine rings is 1. The maximum absolute atomic E-state index is 13.0. The molecule has 0 aliphatic carbocycles. The SMILES string of the molecule is CCOc1cc(N(CC)CC)cc2[nH]c3cc(Cl)ccc3c(=O)c12. The quantitative estimate of drug-likeness (QED) is 0.689. The Morgan fingerprint density at radius 1 is 1.08 bits per heavy atom. The van der Waals surface area contributed by atoms with E-state index in [-0.39, 0.29) is 5.43 Å². The van der Waals surface area contributed by atoms with Crippen LogP contribution in [-0.4, -0.2) is 24.7 Å². The molecule has 0 aliphatic heterocycles. The topological polar surface area (TPSA) is 45.3 Å². The number of H-pyrrole nitrogens is 1. The average molecular weight is 345 g/mol. The van der Waals surface area contributed by atoms with Crippen molar-refractivity contribution in [3.05, 3.63) is 45.6 Å². The van der Waals surface area contributed by atoms with E-state index in [1.807, 2.05) is 19.1 Å². The minimum Gasteiger partial charge on any atom is -0.493 e. The molecule has 1 aromatic heterocycles. The minimum absolute atomic E-state index is 0.0371. The molecule has 1 heterocycles. The highest BCUT2D eigenvalue weighted by molar-refractivity contribution is 6.31. The zero-order chi connectivity index (χ0) is 17.3. The maximum Gasteiger partial charge on any atom is 0.200 e. The molecule has 0 saturated heterocycles. The van der Waals surface area contributed by atoms with Crippen molar-refractivity contribution < 1.29 is 4.74 Å². The number of halogens is 1. The first kappa shape index (κ1) is 16.7. The summed E-state index contributed by atoms with van der Waals surface area (Å²) < 4.78 is 5.78. The lowest BCUT2D eigenvalue weighted by atomic mass is 10.1. The van der Waals surface area contributed by atoms with E-state index < -0.39 is 0 Å². The maximum atomic E-state index is 13.0. The van der Waals surface area contributed by atoms with Gasteiger partial charge in [0.15, 0.2) is 0 Å². The third-order valence-corrected chi connectivity index (χ3v) is 4.47. The van der Waals surface area contributed by atoms with E-state index in [1.54, 1.807) is 18.2 Å². The molecule has 1 N–H and O–H groups in total. The highest BCUT2D eigenvalue weighted by Gasteiger charge is 2.14. The van der Waals surface area contributed by atoms with E-state index in [9.17, 15) is 4.79 Å². The summed E-state index contributed by atoms with van der Waals surface area (Å²) in [5, 5.41) is 1.80. The van der Waals surface area contributed by atoms with Gasteiger partial charge in [0.2, 0.25) is 5.43 Å².